The van der Waals surface area contributed by atoms with Crippen molar-refractivity contribution in [3.63, 3.8) is 0 Å². The summed E-state index contributed by atoms with van der Waals surface area (Å²) < 4.78 is 30.7. The molecule has 3 unspecified atom stereocenters. The van der Waals surface area contributed by atoms with Gasteiger partial charge >= 0.3 is 13.8 Å². The number of carbonyl (C=O) groups is 2. The van der Waals surface area contributed by atoms with Gasteiger partial charge in [0.25, 0.3) is 0 Å². The van der Waals surface area contributed by atoms with E-state index in [0.29, 0.717) is 23.9 Å². The first-order valence-corrected chi connectivity index (χ1v) is 35.1. The Morgan fingerprint density at radius 2 is 0.753 bits per heavy atom. The van der Waals surface area contributed by atoms with Gasteiger partial charge < -0.3 is 19.4 Å². The number of ether oxygens (including phenoxy) is 1. The van der Waals surface area contributed by atoms with Gasteiger partial charge in [0.15, 0.2) is 0 Å². The summed E-state index contributed by atoms with van der Waals surface area (Å²) >= 11 is 0. The number of unbranched alkanes of at least 4 members (excludes halogenated alkanes) is 30. The number of likely N-dealkylation sites (N-methyl/N-ethyl adjacent to an activating group) is 1. The molecule has 0 saturated carbocycles. The Morgan fingerprint density at radius 3 is 1.15 bits per heavy atom. The molecule has 9 nitrogen and oxygen atoms in total. The van der Waals surface area contributed by atoms with Crippen LogP contribution < -0.4 is 5.32 Å². The SMILES string of the molecule is CCCCC/C=C\C/C=C\C/C=C\C/C=C\CCCCCCCC(=O)OC(/C=C/CCCCCCCCCCC)C(COP(=O)(O)OCC[N+](C)(C)C)NC(=O)CCCCCCCCCCCC/C=C\C/C=C\C/C=C\CCCCC. The quantitative estimate of drug-likeness (QED) is 0.0205. The third-order valence-corrected chi connectivity index (χ3v) is 15.5. The second kappa shape index (κ2) is 60.1. The highest BCUT2D eigenvalue weighted by Crippen LogP contribution is 2.43. The standard InChI is InChI=1S/C71H127N2O7P/c1-7-10-13-16-19-22-25-27-29-31-33-35-36-38-39-41-43-45-48-51-54-57-60-63-70(74)72-68(67-79-81(76,77)78-66-65-73(4,5)6)69(62-59-56-53-50-47-24-21-18-15-12-9-3)80-71(75)64-61-58-55-52-49-46-44-42-40-37-34-32-30-28-26-23-20-17-14-11-8-2/h19-20,22-23,27-30,33-35,37,42,44,59,62,68-69H,7-18,21,24-26,31-32,36,38-41,43,45-58,60-61,63-67H2,1-6H3,(H-,72,74,76,77)/p+1/b22-19-,23-20-,29-27-,30-28-,35-33-,37-34-,44-42-,62-59+. The number of hydrogen-bond donors (Lipinski definition) is 2. The van der Waals surface area contributed by atoms with E-state index in [1.54, 1.807) is 0 Å². The molecule has 0 aromatic heterocycles. The molecule has 1 amide bonds. The number of nitrogens with one attached hydrogen (secondary N) is 1. The topological polar surface area (TPSA) is 111 Å². The molecule has 10 heteroatoms. The third-order valence-electron chi connectivity index (χ3n) is 14.5. The van der Waals surface area contributed by atoms with E-state index in [2.05, 4.69) is 111 Å². The minimum atomic E-state index is -4.46. The molecular weight excluding hydrogens is 1020 g/mol. The van der Waals surface area contributed by atoms with Crippen molar-refractivity contribution in [3.05, 3.63) is 97.2 Å². The van der Waals surface area contributed by atoms with Crippen molar-refractivity contribution in [2.45, 2.75) is 303 Å². The van der Waals surface area contributed by atoms with E-state index in [1.807, 2.05) is 33.3 Å². The first-order valence-electron chi connectivity index (χ1n) is 33.6. The molecule has 0 spiro atoms. The number of carbonyl (C=O) groups excluding carboxylic acids is 2. The highest BCUT2D eigenvalue weighted by molar-refractivity contribution is 7.47. The van der Waals surface area contributed by atoms with Crippen LogP contribution in [0.4, 0.5) is 0 Å². The lowest BCUT2D eigenvalue weighted by Crippen LogP contribution is -2.47. The Hall–Kier alpha value is -3.07. The van der Waals surface area contributed by atoms with E-state index < -0.39 is 20.0 Å². The van der Waals surface area contributed by atoms with E-state index in [0.717, 1.165) is 116 Å². The van der Waals surface area contributed by atoms with Gasteiger partial charge in [-0.1, -0.05) is 260 Å². The van der Waals surface area contributed by atoms with Gasteiger partial charge in [0.05, 0.1) is 33.8 Å². The van der Waals surface area contributed by atoms with Crippen LogP contribution in [0.25, 0.3) is 0 Å². The average Bonchev–Trinajstić information content (AvgIpc) is 3.43. The maximum Gasteiger partial charge on any atom is 0.472 e. The zero-order valence-corrected chi connectivity index (χ0v) is 54.4. The smallest absolute Gasteiger partial charge is 0.456 e. The highest BCUT2D eigenvalue weighted by atomic mass is 31.2. The van der Waals surface area contributed by atoms with Gasteiger partial charge in [-0.3, -0.25) is 18.6 Å². The van der Waals surface area contributed by atoms with Crippen LogP contribution in [0.1, 0.15) is 290 Å². The van der Waals surface area contributed by atoms with Crippen LogP contribution in [0.2, 0.25) is 0 Å². The van der Waals surface area contributed by atoms with Gasteiger partial charge in [-0.2, -0.15) is 0 Å². The maximum absolute atomic E-state index is 13.6. The average molecular weight is 1150 g/mol. The molecule has 0 aliphatic carbocycles. The van der Waals surface area contributed by atoms with Crippen LogP contribution in [0.15, 0.2) is 97.2 Å². The number of phosphoric ester groups is 1. The predicted molar refractivity (Wildman–Crippen MR) is 350 cm³/mol. The molecule has 2 N–H and O–H groups in total. The van der Waals surface area contributed by atoms with Gasteiger partial charge in [-0.15, -0.1) is 0 Å². The van der Waals surface area contributed by atoms with Crippen LogP contribution in [0.3, 0.4) is 0 Å². The number of allylic oxidation sites excluding steroid dienone is 15. The first kappa shape index (κ1) is 77.9. The number of nitrogens with zero attached hydrogens (tertiary/aromatic N) is 1. The van der Waals surface area contributed by atoms with Crippen molar-refractivity contribution in [2.75, 3.05) is 40.9 Å². The van der Waals surface area contributed by atoms with Crippen molar-refractivity contribution in [1.29, 1.82) is 0 Å². The summed E-state index contributed by atoms with van der Waals surface area (Å²) in [6, 6.07) is -0.864. The van der Waals surface area contributed by atoms with E-state index >= 15 is 0 Å². The van der Waals surface area contributed by atoms with E-state index in [9.17, 15) is 19.0 Å². The Kier molecular flexibility index (Phi) is 57.8. The van der Waals surface area contributed by atoms with Crippen LogP contribution in [0, 0.1) is 0 Å². The molecule has 0 radical (unpaired) electrons. The molecular formula is C71H128N2O7P+. The summed E-state index contributed by atoms with van der Waals surface area (Å²) in [4.78, 5) is 37.8. The number of rotatable bonds is 60. The predicted octanol–water partition coefficient (Wildman–Crippen LogP) is 21.1. The summed E-state index contributed by atoms with van der Waals surface area (Å²) in [6.45, 7) is 6.94. The molecule has 468 valence electrons. The molecule has 3 atom stereocenters. The Labute approximate surface area is 500 Å². The highest BCUT2D eigenvalue weighted by Gasteiger charge is 2.30. The minimum absolute atomic E-state index is 0.0320. The monoisotopic (exact) mass is 1150 g/mol. The Morgan fingerprint density at radius 1 is 0.432 bits per heavy atom. The van der Waals surface area contributed by atoms with Crippen molar-refractivity contribution in [3.8, 4) is 0 Å². The lowest BCUT2D eigenvalue weighted by atomic mass is 10.0. The second-order valence-electron chi connectivity index (χ2n) is 23.6. The van der Waals surface area contributed by atoms with Crippen molar-refractivity contribution in [1.82, 2.24) is 5.32 Å². The third kappa shape index (κ3) is 61.3. The normalized spacial score (nSPS) is 14.2. The van der Waals surface area contributed by atoms with Crippen LogP contribution in [0.5, 0.6) is 0 Å². The molecule has 0 aromatic rings. The minimum Gasteiger partial charge on any atom is -0.456 e. The summed E-state index contributed by atoms with van der Waals surface area (Å²) in [5.41, 5.74) is 0. The van der Waals surface area contributed by atoms with Crippen LogP contribution >= 0.6 is 7.82 Å². The van der Waals surface area contributed by atoms with Gasteiger partial charge in [0, 0.05) is 12.8 Å². The fourth-order valence-corrected chi connectivity index (χ4v) is 10.0. The van der Waals surface area contributed by atoms with Gasteiger partial charge in [0.2, 0.25) is 5.91 Å². The zero-order chi connectivity index (χ0) is 59.3. The Bertz CT molecular complexity index is 1710. The summed E-state index contributed by atoms with van der Waals surface area (Å²) in [7, 11) is 1.47. The van der Waals surface area contributed by atoms with E-state index in [-0.39, 0.29) is 31.5 Å². The number of phosphoric acid groups is 1. The molecule has 0 aromatic carbocycles. The van der Waals surface area contributed by atoms with Gasteiger partial charge in [-0.05, 0) is 115 Å². The van der Waals surface area contributed by atoms with Crippen LogP contribution in [-0.2, 0) is 27.9 Å². The molecule has 0 fully saturated rings. The van der Waals surface area contributed by atoms with Crippen LogP contribution in [-0.4, -0.2) is 74.3 Å². The lowest BCUT2D eigenvalue weighted by Gasteiger charge is -2.27. The van der Waals surface area contributed by atoms with Gasteiger partial charge in [-0.25, -0.2) is 4.57 Å². The molecule has 0 rings (SSSR count). The molecule has 81 heavy (non-hydrogen) atoms. The number of esters is 1. The first-order chi connectivity index (χ1) is 39.4. The summed E-state index contributed by atoms with van der Waals surface area (Å²) in [6.07, 6.45) is 81.2. The van der Waals surface area contributed by atoms with E-state index in [1.165, 1.54) is 135 Å². The zero-order valence-electron chi connectivity index (χ0n) is 53.5. The molecule has 0 aliphatic rings. The second-order valence-corrected chi connectivity index (χ2v) is 25.1. The summed E-state index contributed by atoms with van der Waals surface area (Å²) in [5.74, 6) is -0.531. The largest absolute Gasteiger partial charge is 0.472 e. The lowest BCUT2D eigenvalue weighted by molar-refractivity contribution is -0.870. The van der Waals surface area contributed by atoms with Gasteiger partial charge in [0.1, 0.15) is 19.3 Å². The molecule has 0 saturated heterocycles. The number of amides is 1. The fraction of sp³-hybridized carbons (Fsp3) is 0.746. The van der Waals surface area contributed by atoms with Crippen molar-refractivity contribution >= 4 is 19.7 Å². The fourth-order valence-electron chi connectivity index (χ4n) is 9.28. The van der Waals surface area contributed by atoms with E-state index in [4.69, 9.17) is 13.8 Å². The van der Waals surface area contributed by atoms with Crippen molar-refractivity contribution < 1.29 is 37.3 Å². The molecule has 0 bridgehead atoms. The molecule has 0 heterocycles. The summed E-state index contributed by atoms with van der Waals surface area (Å²) in [5, 5.41) is 3.06. The number of hydrogen-bond acceptors (Lipinski definition) is 6. The van der Waals surface area contributed by atoms with Crippen molar-refractivity contribution in [2.24, 2.45) is 0 Å². The molecule has 0 aliphatic heterocycles. The maximum atomic E-state index is 13.6. The Balaban J connectivity index is 5.17. The number of quaternary nitrogens is 1.